The molecule has 0 radical (unpaired) electrons. The quantitative estimate of drug-likeness (QED) is 0.250. The third kappa shape index (κ3) is 4.74. The minimum atomic E-state index is -0.626. The number of ether oxygens (including phenoxy) is 1. The molecule has 3 N–H and O–H groups in total. The summed E-state index contributed by atoms with van der Waals surface area (Å²) in [6.07, 6.45) is 21.1. The number of quaternary nitrogens is 1. The van der Waals surface area contributed by atoms with Crippen molar-refractivity contribution < 1.29 is 19.5 Å². The molecule has 4 saturated carbocycles. The Kier molecular flexibility index (Phi) is 8.10. The largest absolute Gasteiger partial charge is 0.481 e. The molecule has 5 nitrogen and oxygen atoms in total. The molecule has 48 heavy (non-hydrogen) atoms. The molecule has 6 fully saturated rings. The fourth-order valence-corrected chi connectivity index (χ4v) is 15.3. The third-order valence-corrected chi connectivity index (χ3v) is 17.8. The van der Waals surface area contributed by atoms with Crippen molar-refractivity contribution in [3.8, 4) is 0 Å². The normalized spacial score (nSPS) is 50.4. The summed E-state index contributed by atoms with van der Waals surface area (Å²) in [6.45, 7) is 24.9. The summed E-state index contributed by atoms with van der Waals surface area (Å²) >= 11 is 0. The fraction of sp³-hybridized carbons (Fsp3) is 0.837. The molecule has 13 atom stereocenters. The fourth-order valence-electron chi connectivity index (χ4n) is 15.3. The van der Waals surface area contributed by atoms with Gasteiger partial charge in [0.25, 0.3) is 0 Å². The number of rotatable bonds is 7. The Morgan fingerprint density at radius 1 is 1.00 bits per heavy atom. The summed E-state index contributed by atoms with van der Waals surface area (Å²) in [5, 5.41) is 14.0. The van der Waals surface area contributed by atoms with Gasteiger partial charge in [0.2, 0.25) is 0 Å². The smallest absolute Gasteiger partial charge is 0.306 e. The maximum atomic E-state index is 11.7. The summed E-state index contributed by atoms with van der Waals surface area (Å²) in [5.74, 6) is 2.73. The number of hydrogen-bond acceptors (Lipinski definition) is 3. The molecule has 2 bridgehead atoms. The zero-order valence-corrected chi connectivity index (χ0v) is 31.3. The first-order valence-corrected chi connectivity index (χ1v) is 20.2. The van der Waals surface area contributed by atoms with Crippen LogP contribution >= 0.6 is 0 Å². The van der Waals surface area contributed by atoms with E-state index in [0.717, 1.165) is 43.9 Å². The van der Waals surface area contributed by atoms with Gasteiger partial charge in [0.15, 0.2) is 0 Å². The van der Waals surface area contributed by atoms with Crippen molar-refractivity contribution in [2.75, 3.05) is 26.2 Å². The van der Waals surface area contributed by atoms with Crippen LogP contribution in [0.25, 0.3) is 0 Å². The first-order chi connectivity index (χ1) is 22.7. The van der Waals surface area contributed by atoms with E-state index in [9.17, 15) is 9.90 Å². The van der Waals surface area contributed by atoms with E-state index in [-0.39, 0.29) is 16.9 Å². The highest BCUT2D eigenvalue weighted by Gasteiger charge is 2.70. The lowest BCUT2D eigenvalue weighted by atomic mass is 9.33. The predicted molar refractivity (Wildman–Crippen MR) is 193 cm³/mol. The van der Waals surface area contributed by atoms with Crippen LogP contribution in [0.15, 0.2) is 35.5 Å². The van der Waals surface area contributed by atoms with Crippen molar-refractivity contribution in [3.63, 3.8) is 0 Å². The number of allylic oxidation sites excluding steroid dienone is 5. The van der Waals surface area contributed by atoms with E-state index < -0.39 is 5.97 Å². The van der Waals surface area contributed by atoms with Crippen LogP contribution in [0, 0.1) is 57.2 Å². The summed E-state index contributed by atoms with van der Waals surface area (Å²) in [5.41, 5.74) is 5.88. The Bertz CT molecular complexity index is 1400. The predicted octanol–water partition coefficient (Wildman–Crippen LogP) is 7.39. The zero-order chi connectivity index (χ0) is 33.9. The third-order valence-electron chi connectivity index (χ3n) is 17.8. The molecule has 8 aliphatic rings. The van der Waals surface area contributed by atoms with Crippen LogP contribution in [-0.4, -0.2) is 55.0 Å². The van der Waals surface area contributed by atoms with Crippen LogP contribution in [0.2, 0.25) is 0 Å². The number of fused-ring (bicyclic) bond motifs is 9. The number of carbonyl (C=O) groups is 1. The molecule has 2 heterocycles. The standard InChI is InChI=1S/C43H66N2O3/c1-27(2)32-14-19-43(44-22-23-45-25-31-24-30(45)26-48-31)21-20-41(6)34(37(32)43)12-13-36-40(5)17-15-33(28-8-10-29(11-9-28)38(46)47)39(3,4)35(40)16-18-42(36,41)7/h8,15,29-32,34-37,44H,1,9-14,16-26H2,2-7H3,(H,46,47)/p+1/t29-,30?,31-,32-,34+,35-,36+,37+,40-,41+,42+,43-/m0/s1. The number of carboxylic acid groups (broad SMARTS) is 1. The first-order valence-electron chi connectivity index (χ1n) is 20.2. The number of morpholine rings is 1. The number of hydrogen-bond donors (Lipinski definition) is 3. The Morgan fingerprint density at radius 3 is 2.48 bits per heavy atom. The molecule has 0 aromatic carbocycles. The highest BCUT2D eigenvalue weighted by atomic mass is 16.5. The van der Waals surface area contributed by atoms with E-state index in [1.807, 2.05) is 0 Å². The van der Waals surface area contributed by atoms with Gasteiger partial charge in [-0.3, -0.25) is 4.79 Å². The Morgan fingerprint density at radius 2 is 1.81 bits per heavy atom. The lowest BCUT2D eigenvalue weighted by Gasteiger charge is -2.72. The van der Waals surface area contributed by atoms with E-state index in [4.69, 9.17) is 4.74 Å². The molecule has 2 saturated heterocycles. The second kappa shape index (κ2) is 11.5. The van der Waals surface area contributed by atoms with Crippen LogP contribution < -0.4 is 10.2 Å². The molecule has 0 spiro atoms. The highest BCUT2D eigenvalue weighted by Crippen LogP contribution is 2.76. The van der Waals surface area contributed by atoms with Crippen molar-refractivity contribution in [1.29, 1.82) is 0 Å². The molecule has 0 aromatic heterocycles. The lowest BCUT2D eigenvalue weighted by Crippen LogP contribution is -3.16. The molecular formula is C43H67N2O3+. The topological polar surface area (TPSA) is 63.0 Å². The maximum Gasteiger partial charge on any atom is 0.306 e. The first kappa shape index (κ1) is 33.7. The minimum absolute atomic E-state index is 0.124. The van der Waals surface area contributed by atoms with Crippen molar-refractivity contribution in [2.24, 2.45) is 57.2 Å². The van der Waals surface area contributed by atoms with Crippen LogP contribution in [0.1, 0.15) is 125 Å². The van der Waals surface area contributed by atoms with E-state index in [1.165, 1.54) is 88.4 Å². The minimum Gasteiger partial charge on any atom is -0.481 e. The lowest BCUT2D eigenvalue weighted by molar-refractivity contribution is -0.918. The second-order valence-corrected chi connectivity index (χ2v) is 19.9. The Hall–Kier alpha value is -1.43. The second-order valence-electron chi connectivity index (χ2n) is 19.9. The molecule has 2 unspecified atom stereocenters. The van der Waals surface area contributed by atoms with Crippen LogP contribution in [0.5, 0.6) is 0 Å². The number of likely N-dealkylation sites (tertiary alicyclic amines) is 1. The van der Waals surface area contributed by atoms with Gasteiger partial charge in [-0.05, 0) is 146 Å². The van der Waals surface area contributed by atoms with Crippen LogP contribution in [-0.2, 0) is 9.53 Å². The number of nitrogens with one attached hydrogen (secondary N) is 2. The van der Waals surface area contributed by atoms with Gasteiger partial charge in [-0.15, -0.1) is 0 Å². The molecule has 6 aliphatic carbocycles. The van der Waals surface area contributed by atoms with Crippen molar-refractivity contribution in [2.45, 2.75) is 143 Å². The molecule has 5 heteroatoms. The van der Waals surface area contributed by atoms with Gasteiger partial charge in [0.1, 0.15) is 18.7 Å². The number of aliphatic carboxylic acids is 1. The Labute approximate surface area is 291 Å². The van der Waals surface area contributed by atoms with Crippen molar-refractivity contribution >= 4 is 5.97 Å². The van der Waals surface area contributed by atoms with Gasteiger partial charge < -0.3 is 20.1 Å². The number of carboxylic acids is 1. The van der Waals surface area contributed by atoms with Gasteiger partial charge in [0.05, 0.1) is 19.1 Å². The molecule has 266 valence electrons. The van der Waals surface area contributed by atoms with E-state index in [2.05, 4.69) is 65.6 Å². The molecular weight excluding hydrogens is 592 g/mol. The maximum absolute atomic E-state index is 11.7. The van der Waals surface area contributed by atoms with Gasteiger partial charge in [-0.2, -0.15) is 0 Å². The molecule has 0 aromatic rings. The van der Waals surface area contributed by atoms with Crippen LogP contribution in [0.4, 0.5) is 0 Å². The van der Waals surface area contributed by atoms with E-state index >= 15 is 0 Å². The van der Waals surface area contributed by atoms with E-state index in [0.29, 0.717) is 46.5 Å². The van der Waals surface area contributed by atoms with Gasteiger partial charge in [-0.25, -0.2) is 0 Å². The molecule has 0 amide bonds. The van der Waals surface area contributed by atoms with Gasteiger partial charge in [0, 0.05) is 18.5 Å². The molecule has 8 rings (SSSR count). The average molecular weight is 660 g/mol. The average Bonchev–Trinajstić information content (AvgIpc) is 3.76. The summed E-state index contributed by atoms with van der Waals surface area (Å²) in [4.78, 5) is 13.5. The van der Waals surface area contributed by atoms with Crippen molar-refractivity contribution in [3.05, 3.63) is 35.5 Å². The summed E-state index contributed by atoms with van der Waals surface area (Å²) in [6, 6.07) is 0.734. The summed E-state index contributed by atoms with van der Waals surface area (Å²) in [7, 11) is 0. The van der Waals surface area contributed by atoms with Gasteiger partial charge >= 0.3 is 5.97 Å². The SMILES string of the molecule is C=C(C)[C@@H]1CC[C@]2(NCC[NH+]3C[C@@H]4CC3CO4)CC[C@]3(C)[C@H](CC[C@@H]4[C@@]5(C)CC=C(C6=CC[C@H](C(=O)O)CC6)C(C)(C)[C@@H]5CC[C@]43C)[C@@H]12. The van der Waals surface area contributed by atoms with Gasteiger partial charge in [-0.1, -0.05) is 58.9 Å². The Balaban J connectivity index is 1.05. The molecule has 2 aliphatic heterocycles. The van der Waals surface area contributed by atoms with Crippen molar-refractivity contribution in [1.82, 2.24) is 5.32 Å². The van der Waals surface area contributed by atoms with Crippen LogP contribution in [0.3, 0.4) is 0 Å². The summed E-state index contributed by atoms with van der Waals surface area (Å²) < 4.78 is 5.93. The zero-order valence-electron chi connectivity index (χ0n) is 31.3. The van der Waals surface area contributed by atoms with E-state index in [1.54, 1.807) is 10.5 Å². The monoisotopic (exact) mass is 660 g/mol. The highest BCUT2D eigenvalue weighted by molar-refractivity contribution is 5.70.